The fourth-order valence-corrected chi connectivity index (χ4v) is 1.30. The van der Waals surface area contributed by atoms with Crippen LogP contribution in [0.15, 0.2) is 12.7 Å². The van der Waals surface area contributed by atoms with E-state index in [4.69, 9.17) is 5.73 Å². The lowest BCUT2D eigenvalue weighted by Crippen LogP contribution is -2.32. The summed E-state index contributed by atoms with van der Waals surface area (Å²) in [5, 5.41) is 0. The average molecular weight is 198 g/mol. The van der Waals surface area contributed by atoms with E-state index in [0.717, 1.165) is 25.9 Å². The molecule has 0 aliphatic rings. The third kappa shape index (κ3) is 5.75. The lowest BCUT2D eigenvalue weighted by molar-refractivity contribution is -0.126. The molecule has 0 bridgehead atoms. The highest BCUT2D eigenvalue weighted by Gasteiger charge is 2.07. The van der Waals surface area contributed by atoms with E-state index in [0.29, 0.717) is 6.54 Å². The highest BCUT2D eigenvalue weighted by Crippen LogP contribution is 2.00. The average Bonchev–Trinajstić information content (AvgIpc) is 2.22. The van der Waals surface area contributed by atoms with Crippen molar-refractivity contribution in [3.8, 4) is 0 Å². The number of amides is 1. The van der Waals surface area contributed by atoms with Crippen molar-refractivity contribution in [1.82, 2.24) is 4.90 Å². The van der Waals surface area contributed by atoms with Crippen molar-refractivity contribution in [2.24, 2.45) is 5.73 Å². The normalized spacial score (nSPS) is 9.86. The van der Waals surface area contributed by atoms with Crippen molar-refractivity contribution in [2.75, 3.05) is 19.6 Å². The zero-order valence-electron chi connectivity index (χ0n) is 9.17. The summed E-state index contributed by atoms with van der Waals surface area (Å²) in [7, 11) is 0. The van der Waals surface area contributed by atoms with Gasteiger partial charge in [0.25, 0.3) is 0 Å². The highest BCUT2D eigenvalue weighted by atomic mass is 16.2. The van der Waals surface area contributed by atoms with Crippen LogP contribution in [0.2, 0.25) is 0 Å². The Kier molecular flexibility index (Phi) is 8.24. The minimum Gasteiger partial charge on any atom is -0.339 e. The maximum absolute atomic E-state index is 11.4. The predicted octanol–water partition coefficient (Wildman–Crippen LogP) is 1.54. The fraction of sp³-hybridized carbons (Fsp3) is 0.727. The van der Waals surface area contributed by atoms with Gasteiger partial charge < -0.3 is 10.6 Å². The molecule has 0 aromatic heterocycles. The Hall–Kier alpha value is -0.830. The van der Waals surface area contributed by atoms with Crippen LogP contribution >= 0.6 is 0 Å². The van der Waals surface area contributed by atoms with Gasteiger partial charge in [-0.15, -0.1) is 0 Å². The zero-order chi connectivity index (χ0) is 10.8. The molecule has 0 rings (SSSR count). The SMILES string of the molecule is C=CC(=O)N(CCCN)CCCCC. The maximum Gasteiger partial charge on any atom is 0.245 e. The van der Waals surface area contributed by atoms with Crippen molar-refractivity contribution >= 4 is 5.91 Å². The van der Waals surface area contributed by atoms with Gasteiger partial charge in [-0.05, 0) is 25.5 Å². The second-order valence-electron chi connectivity index (χ2n) is 3.38. The lowest BCUT2D eigenvalue weighted by Gasteiger charge is -2.20. The molecule has 14 heavy (non-hydrogen) atoms. The molecule has 0 fully saturated rings. The Labute approximate surface area is 87.0 Å². The first kappa shape index (κ1) is 13.2. The number of nitrogens with zero attached hydrogens (tertiary/aromatic N) is 1. The maximum atomic E-state index is 11.4. The zero-order valence-corrected chi connectivity index (χ0v) is 9.17. The Morgan fingerprint density at radius 3 is 2.50 bits per heavy atom. The summed E-state index contributed by atoms with van der Waals surface area (Å²) in [5.41, 5.74) is 5.41. The van der Waals surface area contributed by atoms with Gasteiger partial charge >= 0.3 is 0 Å². The third-order valence-corrected chi connectivity index (χ3v) is 2.15. The summed E-state index contributed by atoms with van der Waals surface area (Å²) >= 11 is 0. The molecule has 0 heterocycles. The summed E-state index contributed by atoms with van der Waals surface area (Å²) in [5.74, 6) is 0.0227. The summed E-state index contributed by atoms with van der Waals surface area (Å²) in [4.78, 5) is 13.2. The lowest BCUT2D eigenvalue weighted by atomic mass is 10.2. The van der Waals surface area contributed by atoms with Gasteiger partial charge in [0.2, 0.25) is 5.91 Å². The molecule has 0 saturated carbocycles. The number of carbonyl (C=O) groups excluding carboxylic acids is 1. The van der Waals surface area contributed by atoms with E-state index in [1.807, 2.05) is 4.90 Å². The Balaban J connectivity index is 3.84. The number of unbranched alkanes of at least 4 members (excludes halogenated alkanes) is 2. The standard InChI is InChI=1S/C11H22N2O/c1-3-5-6-9-13(10-7-8-12)11(14)4-2/h4H,2-3,5-10,12H2,1H3. The minimum atomic E-state index is 0.0227. The molecule has 3 heteroatoms. The number of nitrogens with two attached hydrogens (primary N) is 1. The second kappa shape index (κ2) is 8.75. The van der Waals surface area contributed by atoms with Crippen LogP contribution in [0.1, 0.15) is 32.6 Å². The summed E-state index contributed by atoms with van der Waals surface area (Å²) < 4.78 is 0. The first-order valence-electron chi connectivity index (χ1n) is 5.37. The van der Waals surface area contributed by atoms with Gasteiger partial charge in [0.15, 0.2) is 0 Å². The number of rotatable bonds is 8. The van der Waals surface area contributed by atoms with Crippen LogP contribution in [-0.2, 0) is 4.79 Å². The van der Waals surface area contributed by atoms with E-state index in [-0.39, 0.29) is 5.91 Å². The summed E-state index contributed by atoms with van der Waals surface area (Å²) in [6.07, 6.45) is 5.66. The Morgan fingerprint density at radius 1 is 1.36 bits per heavy atom. The molecule has 0 aromatic rings. The van der Waals surface area contributed by atoms with E-state index < -0.39 is 0 Å². The Bertz CT molecular complexity index is 169. The van der Waals surface area contributed by atoms with Crippen LogP contribution in [-0.4, -0.2) is 30.4 Å². The quantitative estimate of drug-likeness (QED) is 0.475. The first-order chi connectivity index (χ1) is 6.76. The van der Waals surface area contributed by atoms with Crippen LogP contribution in [0.25, 0.3) is 0 Å². The monoisotopic (exact) mass is 198 g/mol. The molecular formula is C11H22N2O. The molecule has 0 radical (unpaired) electrons. The van der Waals surface area contributed by atoms with E-state index in [2.05, 4.69) is 13.5 Å². The summed E-state index contributed by atoms with van der Waals surface area (Å²) in [6, 6.07) is 0. The van der Waals surface area contributed by atoms with Gasteiger partial charge in [0.05, 0.1) is 0 Å². The van der Waals surface area contributed by atoms with Crippen LogP contribution in [0.5, 0.6) is 0 Å². The predicted molar refractivity (Wildman–Crippen MR) is 60.0 cm³/mol. The van der Waals surface area contributed by atoms with Gasteiger partial charge in [0, 0.05) is 13.1 Å². The number of hydrogen-bond donors (Lipinski definition) is 1. The molecule has 0 aliphatic heterocycles. The molecule has 0 atom stereocenters. The van der Waals surface area contributed by atoms with Crippen molar-refractivity contribution in [3.63, 3.8) is 0 Å². The molecule has 82 valence electrons. The topological polar surface area (TPSA) is 46.3 Å². The molecule has 3 nitrogen and oxygen atoms in total. The summed E-state index contributed by atoms with van der Waals surface area (Å²) in [6.45, 7) is 7.87. The van der Waals surface area contributed by atoms with Crippen molar-refractivity contribution in [2.45, 2.75) is 32.6 Å². The van der Waals surface area contributed by atoms with Crippen molar-refractivity contribution in [3.05, 3.63) is 12.7 Å². The number of carbonyl (C=O) groups is 1. The molecule has 0 spiro atoms. The molecular weight excluding hydrogens is 176 g/mol. The third-order valence-electron chi connectivity index (χ3n) is 2.15. The largest absolute Gasteiger partial charge is 0.339 e. The van der Waals surface area contributed by atoms with E-state index in [1.54, 1.807) is 0 Å². The minimum absolute atomic E-state index is 0.0227. The van der Waals surface area contributed by atoms with Gasteiger partial charge in [-0.1, -0.05) is 26.3 Å². The van der Waals surface area contributed by atoms with Crippen LogP contribution < -0.4 is 5.73 Å². The Morgan fingerprint density at radius 2 is 2.00 bits per heavy atom. The van der Waals surface area contributed by atoms with E-state index in [1.165, 1.54) is 18.9 Å². The van der Waals surface area contributed by atoms with Crippen LogP contribution in [0.4, 0.5) is 0 Å². The first-order valence-corrected chi connectivity index (χ1v) is 5.37. The molecule has 0 unspecified atom stereocenters. The van der Waals surface area contributed by atoms with Crippen LogP contribution in [0.3, 0.4) is 0 Å². The van der Waals surface area contributed by atoms with Crippen molar-refractivity contribution in [1.29, 1.82) is 0 Å². The molecule has 2 N–H and O–H groups in total. The highest BCUT2D eigenvalue weighted by molar-refractivity contribution is 5.86. The van der Waals surface area contributed by atoms with E-state index in [9.17, 15) is 4.79 Å². The molecule has 0 aliphatic carbocycles. The van der Waals surface area contributed by atoms with Gasteiger partial charge in [0.1, 0.15) is 0 Å². The van der Waals surface area contributed by atoms with Gasteiger partial charge in [-0.2, -0.15) is 0 Å². The van der Waals surface area contributed by atoms with E-state index >= 15 is 0 Å². The molecule has 0 saturated heterocycles. The second-order valence-corrected chi connectivity index (χ2v) is 3.38. The molecule has 0 aromatic carbocycles. The number of hydrogen-bond acceptors (Lipinski definition) is 2. The fourth-order valence-electron chi connectivity index (χ4n) is 1.30. The molecule has 1 amide bonds. The van der Waals surface area contributed by atoms with Crippen LogP contribution in [0, 0.1) is 0 Å². The smallest absolute Gasteiger partial charge is 0.245 e. The van der Waals surface area contributed by atoms with Gasteiger partial charge in [-0.3, -0.25) is 4.79 Å². The van der Waals surface area contributed by atoms with Gasteiger partial charge in [-0.25, -0.2) is 0 Å². The van der Waals surface area contributed by atoms with Crippen molar-refractivity contribution < 1.29 is 4.79 Å².